The van der Waals surface area contributed by atoms with Crippen molar-refractivity contribution >= 4 is 0 Å². The lowest BCUT2D eigenvalue weighted by Crippen LogP contribution is -2.36. The molecular formula is C13H24N2. The van der Waals surface area contributed by atoms with E-state index in [0.717, 1.165) is 17.9 Å². The van der Waals surface area contributed by atoms with Crippen molar-refractivity contribution in [3.8, 4) is 0 Å². The molecule has 86 valence electrons. The highest BCUT2D eigenvalue weighted by atomic mass is 15.2. The molecule has 2 aliphatic heterocycles. The van der Waals surface area contributed by atoms with Gasteiger partial charge in [0.15, 0.2) is 0 Å². The van der Waals surface area contributed by atoms with Crippen LogP contribution in [-0.4, -0.2) is 37.1 Å². The zero-order valence-corrected chi connectivity index (χ0v) is 9.75. The Hall–Kier alpha value is -0.0800. The monoisotopic (exact) mass is 208 g/mol. The van der Waals surface area contributed by atoms with Gasteiger partial charge in [0.1, 0.15) is 0 Å². The summed E-state index contributed by atoms with van der Waals surface area (Å²) >= 11 is 0. The van der Waals surface area contributed by atoms with Gasteiger partial charge in [-0.3, -0.25) is 0 Å². The Morgan fingerprint density at radius 1 is 0.933 bits per heavy atom. The molecule has 1 N–H and O–H groups in total. The Morgan fingerprint density at radius 3 is 2.27 bits per heavy atom. The van der Waals surface area contributed by atoms with Gasteiger partial charge < -0.3 is 10.2 Å². The van der Waals surface area contributed by atoms with Gasteiger partial charge in [-0.15, -0.1) is 0 Å². The molecule has 2 saturated heterocycles. The van der Waals surface area contributed by atoms with Crippen molar-refractivity contribution in [2.24, 2.45) is 11.8 Å². The molecule has 15 heavy (non-hydrogen) atoms. The summed E-state index contributed by atoms with van der Waals surface area (Å²) in [4.78, 5) is 2.74. The predicted octanol–water partition coefficient (Wildman–Crippen LogP) is 1.86. The predicted molar refractivity (Wildman–Crippen MR) is 62.9 cm³/mol. The summed E-state index contributed by atoms with van der Waals surface area (Å²) in [7, 11) is 0. The van der Waals surface area contributed by atoms with E-state index in [1.165, 1.54) is 64.7 Å². The lowest BCUT2D eigenvalue weighted by molar-refractivity contribution is 0.289. The van der Waals surface area contributed by atoms with Gasteiger partial charge in [0.2, 0.25) is 0 Å². The molecule has 0 amide bonds. The van der Waals surface area contributed by atoms with Crippen LogP contribution in [0.25, 0.3) is 0 Å². The van der Waals surface area contributed by atoms with Crippen LogP contribution in [-0.2, 0) is 0 Å². The fraction of sp³-hybridized carbons (Fsp3) is 1.00. The second-order valence-electron chi connectivity index (χ2n) is 5.82. The second kappa shape index (κ2) is 4.42. The van der Waals surface area contributed by atoms with Gasteiger partial charge in [-0.2, -0.15) is 0 Å². The molecule has 0 aromatic carbocycles. The maximum atomic E-state index is 3.62. The fourth-order valence-corrected chi connectivity index (χ4v) is 3.88. The first-order valence-corrected chi connectivity index (χ1v) is 6.87. The summed E-state index contributed by atoms with van der Waals surface area (Å²) in [5.74, 6) is 2.11. The van der Waals surface area contributed by atoms with Gasteiger partial charge in [0.05, 0.1) is 0 Å². The zero-order chi connectivity index (χ0) is 10.1. The Morgan fingerprint density at radius 2 is 1.67 bits per heavy atom. The molecule has 2 heterocycles. The third-order valence-corrected chi connectivity index (χ3v) is 4.69. The molecule has 1 saturated carbocycles. The molecule has 0 unspecified atom stereocenters. The number of rotatable bonds is 2. The van der Waals surface area contributed by atoms with Gasteiger partial charge >= 0.3 is 0 Å². The zero-order valence-electron chi connectivity index (χ0n) is 9.75. The minimum Gasteiger partial charge on any atom is -0.313 e. The van der Waals surface area contributed by atoms with Crippen molar-refractivity contribution < 1.29 is 0 Å². The number of nitrogens with zero attached hydrogens (tertiary/aromatic N) is 1. The molecular weight excluding hydrogens is 184 g/mol. The molecule has 0 radical (unpaired) electrons. The maximum absolute atomic E-state index is 3.62. The van der Waals surface area contributed by atoms with Gasteiger partial charge in [-0.25, -0.2) is 0 Å². The SMILES string of the molecule is C1CN[C@H](CN2C[C@H]3CCCC[C@H]3C2)C1. The standard InChI is InChI=1S/C13H24N2/c1-2-5-12-9-15(8-11(12)4-1)10-13-6-3-7-14-13/h11-14H,1-10H2/t11-,12+,13-/m0/s1. The molecule has 3 rings (SSSR count). The summed E-state index contributed by atoms with van der Waals surface area (Å²) in [6.07, 6.45) is 8.82. The number of nitrogens with one attached hydrogen (secondary N) is 1. The highest BCUT2D eigenvalue weighted by molar-refractivity contribution is 4.89. The third kappa shape index (κ3) is 2.21. The molecule has 2 nitrogen and oxygen atoms in total. The van der Waals surface area contributed by atoms with Crippen molar-refractivity contribution in [1.29, 1.82) is 0 Å². The molecule has 3 fully saturated rings. The van der Waals surface area contributed by atoms with Crippen molar-refractivity contribution in [3.05, 3.63) is 0 Å². The Bertz CT molecular complexity index is 197. The van der Waals surface area contributed by atoms with E-state index in [-0.39, 0.29) is 0 Å². The van der Waals surface area contributed by atoms with E-state index in [2.05, 4.69) is 10.2 Å². The van der Waals surface area contributed by atoms with E-state index >= 15 is 0 Å². The van der Waals surface area contributed by atoms with Gasteiger partial charge in [0, 0.05) is 25.7 Å². The Balaban J connectivity index is 1.51. The van der Waals surface area contributed by atoms with E-state index in [0.29, 0.717) is 0 Å². The van der Waals surface area contributed by atoms with Crippen molar-refractivity contribution in [2.75, 3.05) is 26.2 Å². The van der Waals surface area contributed by atoms with Crippen LogP contribution in [0.15, 0.2) is 0 Å². The smallest absolute Gasteiger partial charge is 0.0195 e. The molecule has 0 aromatic heterocycles. The Kier molecular flexibility index (Phi) is 2.98. The first kappa shape index (κ1) is 10.1. The minimum absolute atomic E-state index is 0.810. The summed E-state index contributed by atoms with van der Waals surface area (Å²) in [6.45, 7) is 5.39. The summed E-state index contributed by atoms with van der Waals surface area (Å²) < 4.78 is 0. The van der Waals surface area contributed by atoms with Gasteiger partial charge in [-0.05, 0) is 44.1 Å². The summed E-state index contributed by atoms with van der Waals surface area (Å²) in [6, 6.07) is 0.810. The van der Waals surface area contributed by atoms with Gasteiger partial charge in [0.25, 0.3) is 0 Å². The molecule has 1 aliphatic carbocycles. The van der Waals surface area contributed by atoms with Gasteiger partial charge in [-0.1, -0.05) is 12.8 Å². The van der Waals surface area contributed by atoms with Crippen LogP contribution >= 0.6 is 0 Å². The average molecular weight is 208 g/mol. The van der Waals surface area contributed by atoms with Crippen LogP contribution in [0, 0.1) is 11.8 Å². The second-order valence-corrected chi connectivity index (χ2v) is 5.82. The minimum atomic E-state index is 0.810. The number of hydrogen-bond donors (Lipinski definition) is 1. The first-order valence-electron chi connectivity index (χ1n) is 6.87. The normalized spacial score (nSPS) is 42.0. The lowest BCUT2D eigenvalue weighted by atomic mass is 9.82. The average Bonchev–Trinajstić information content (AvgIpc) is 2.86. The van der Waals surface area contributed by atoms with E-state index in [1.807, 2.05) is 0 Å². The van der Waals surface area contributed by atoms with Crippen LogP contribution in [0.1, 0.15) is 38.5 Å². The topological polar surface area (TPSA) is 15.3 Å². The lowest BCUT2D eigenvalue weighted by Gasteiger charge is -2.23. The van der Waals surface area contributed by atoms with Crippen LogP contribution in [0.2, 0.25) is 0 Å². The van der Waals surface area contributed by atoms with E-state index in [9.17, 15) is 0 Å². The van der Waals surface area contributed by atoms with Crippen LogP contribution < -0.4 is 5.32 Å². The van der Waals surface area contributed by atoms with Crippen molar-refractivity contribution in [2.45, 2.75) is 44.6 Å². The van der Waals surface area contributed by atoms with E-state index < -0.39 is 0 Å². The highest BCUT2D eigenvalue weighted by Crippen LogP contribution is 2.36. The highest BCUT2D eigenvalue weighted by Gasteiger charge is 2.35. The molecule has 0 bridgehead atoms. The molecule has 2 heteroatoms. The fourth-order valence-electron chi connectivity index (χ4n) is 3.88. The maximum Gasteiger partial charge on any atom is 0.0195 e. The van der Waals surface area contributed by atoms with E-state index in [1.54, 1.807) is 0 Å². The Labute approximate surface area is 93.4 Å². The largest absolute Gasteiger partial charge is 0.313 e. The van der Waals surface area contributed by atoms with E-state index in [4.69, 9.17) is 0 Å². The number of likely N-dealkylation sites (tertiary alicyclic amines) is 1. The number of hydrogen-bond acceptors (Lipinski definition) is 2. The van der Waals surface area contributed by atoms with Crippen LogP contribution in [0.4, 0.5) is 0 Å². The molecule has 0 aromatic rings. The van der Waals surface area contributed by atoms with Crippen molar-refractivity contribution in [1.82, 2.24) is 10.2 Å². The summed E-state index contributed by atoms with van der Waals surface area (Å²) in [5.41, 5.74) is 0. The molecule has 3 atom stereocenters. The third-order valence-electron chi connectivity index (χ3n) is 4.69. The quantitative estimate of drug-likeness (QED) is 0.745. The molecule has 0 spiro atoms. The number of fused-ring (bicyclic) bond motifs is 1. The first-order chi connectivity index (χ1) is 7.42. The summed E-state index contributed by atoms with van der Waals surface area (Å²) in [5, 5.41) is 3.62. The van der Waals surface area contributed by atoms with Crippen molar-refractivity contribution in [3.63, 3.8) is 0 Å². The van der Waals surface area contributed by atoms with Crippen LogP contribution in [0.5, 0.6) is 0 Å². The molecule has 3 aliphatic rings. The van der Waals surface area contributed by atoms with Crippen LogP contribution in [0.3, 0.4) is 0 Å².